The molecule has 8 heteroatoms. The number of hydrogen-bond donors (Lipinski definition) is 0. The predicted molar refractivity (Wildman–Crippen MR) is 146 cm³/mol. The molecule has 39 heavy (non-hydrogen) atoms. The molecule has 0 aliphatic rings. The fourth-order valence-electron chi connectivity index (χ4n) is 5.61. The highest BCUT2D eigenvalue weighted by molar-refractivity contribution is 7.26. The van der Waals surface area contributed by atoms with E-state index in [-0.39, 0.29) is 21.8 Å². The first-order valence-corrected chi connectivity index (χ1v) is 13.4. The average molecular weight is 555 g/mol. The molecule has 3 aromatic carbocycles. The monoisotopic (exact) mass is 554 g/mol. The van der Waals surface area contributed by atoms with Gasteiger partial charge in [-0.1, -0.05) is 26.0 Å². The molecule has 6 aromatic rings. The van der Waals surface area contributed by atoms with Crippen LogP contribution < -0.4 is 4.57 Å². The lowest BCUT2D eigenvalue weighted by molar-refractivity contribution is -0.659. The quantitative estimate of drug-likeness (QED) is 0.157. The molecule has 0 bridgehead atoms. The smallest absolute Gasteiger partial charge is 0.418 e. The van der Waals surface area contributed by atoms with Crippen LogP contribution in [0.2, 0.25) is 0 Å². The molecule has 0 saturated carbocycles. The Kier molecular flexibility index (Phi) is 5.77. The van der Waals surface area contributed by atoms with Gasteiger partial charge in [-0.3, -0.25) is 0 Å². The molecule has 0 atom stereocenters. The number of rotatable bonds is 3. The Balaban J connectivity index is 1.76. The minimum absolute atomic E-state index is 0.0669. The highest BCUT2D eigenvalue weighted by atomic mass is 32.1. The molecule has 0 radical (unpaired) electrons. The maximum atomic E-state index is 14.5. The Bertz CT molecular complexity index is 1960. The summed E-state index contributed by atoms with van der Waals surface area (Å²) in [6.07, 6.45) is -2.36. The van der Waals surface area contributed by atoms with Gasteiger partial charge in [0.2, 0.25) is 5.69 Å². The summed E-state index contributed by atoms with van der Waals surface area (Å²) in [4.78, 5) is 0. The van der Waals surface area contributed by atoms with Gasteiger partial charge in [0, 0.05) is 38.4 Å². The molecule has 3 aromatic heterocycles. The van der Waals surface area contributed by atoms with Gasteiger partial charge in [0.05, 0.1) is 11.1 Å². The van der Waals surface area contributed by atoms with Crippen LogP contribution in [0.4, 0.5) is 22.0 Å². The zero-order valence-corrected chi connectivity index (χ0v) is 22.8. The number of hydrogen-bond acceptors (Lipinski definition) is 2. The number of fused-ring (bicyclic) bond motifs is 6. The van der Waals surface area contributed by atoms with E-state index in [0.717, 1.165) is 34.6 Å². The summed E-state index contributed by atoms with van der Waals surface area (Å²) in [7, 11) is 1.84. The lowest BCUT2D eigenvalue weighted by Crippen LogP contribution is -2.30. The van der Waals surface area contributed by atoms with Gasteiger partial charge < -0.3 is 4.42 Å². The highest BCUT2D eigenvalue weighted by Gasteiger charge is 2.37. The summed E-state index contributed by atoms with van der Waals surface area (Å²) >= 11 is 1.12. The van der Waals surface area contributed by atoms with E-state index >= 15 is 0 Å². The van der Waals surface area contributed by atoms with Crippen LogP contribution in [0.5, 0.6) is 0 Å². The van der Waals surface area contributed by atoms with Gasteiger partial charge in [-0.05, 0) is 55.0 Å². The van der Waals surface area contributed by atoms with Crippen molar-refractivity contribution in [3.63, 3.8) is 0 Å². The van der Waals surface area contributed by atoms with Crippen LogP contribution in [0.15, 0.2) is 47.0 Å². The van der Waals surface area contributed by atoms with Crippen LogP contribution in [0.1, 0.15) is 36.1 Å². The maximum absolute atomic E-state index is 14.5. The molecular weight excluding hydrogens is 529 g/mol. The van der Waals surface area contributed by atoms with Crippen molar-refractivity contribution in [2.24, 2.45) is 13.0 Å². The van der Waals surface area contributed by atoms with Crippen molar-refractivity contribution in [1.29, 1.82) is 0 Å². The fourth-order valence-corrected chi connectivity index (χ4v) is 7.08. The van der Waals surface area contributed by atoms with E-state index in [2.05, 4.69) is 0 Å². The molecular formula is C31H25F5NOS+. The molecule has 2 nitrogen and oxygen atoms in total. The third kappa shape index (κ3) is 3.91. The van der Waals surface area contributed by atoms with Gasteiger partial charge >= 0.3 is 6.18 Å². The highest BCUT2D eigenvalue weighted by Crippen LogP contribution is 2.48. The Morgan fingerprint density at radius 1 is 0.897 bits per heavy atom. The predicted octanol–water partition coefficient (Wildman–Crippen LogP) is 9.56. The molecule has 0 N–H and O–H groups in total. The number of alkyl halides is 3. The first-order chi connectivity index (χ1) is 18.4. The number of nitrogens with zero attached hydrogens (tertiary/aromatic N) is 1. The van der Waals surface area contributed by atoms with Crippen LogP contribution in [0, 0.1) is 31.4 Å². The summed E-state index contributed by atoms with van der Waals surface area (Å²) < 4.78 is 80.6. The fraction of sp³-hybridized carbons (Fsp3) is 0.258. The molecule has 3 heterocycles. The van der Waals surface area contributed by atoms with E-state index in [0.29, 0.717) is 49.5 Å². The Morgan fingerprint density at radius 2 is 1.59 bits per heavy atom. The molecule has 0 aliphatic heterocycles. The average Bonchev–Trinajstić information content (AvgIpc) is 3.37. The number of thiophene rings is 1. The summed E-state index contributed by atoms with van der Waals surface area (Å²) in [6.45, 7) is 7.66. The molecule has 0 saturated heterocycles. The molecule has 0 unspecified atom stereocenters. The van der Waals surface area contributed by atoms with Crippen LogP contribution in [0.3, 0.4) is 0 Å². The minimum Gasteiger partial charge on any atom is -0.455 e. The number of benzene rings is 3. The van der Waals surface area contributed by atoms with E-state index in [1.165, 1.54) is 0 Å². The zero-order valence-electron chi connectivity index (χ0n) is 22.0. The Hall–Kier alpha value is -3.52. The Morgan fingerprint density at radius 3 is 2.28 bits per heavy atom. The second-order valence-electron chi connectivity index (χ2n) is 10.6. The zero-order chi connectivity index (χ0) is 28.0. The van der Waals surface area contributed by atoms with Crippen molar-refractivity contribution in [1.82, 2.24) is 0 Å². The van der Waals surface area contributed by atoms with Crippen LogP contribution in [-0.4, -0.2) is 0 Å². The molecule has 6 rings (SSSR count). The molecule has 0 aliphatic carbocycles. The summed E-state index contributed by atoms with van der Waals surface area (Å²) in [5.74, 6) is -1.91. The lowest BCUT2D eigenvalue weighted by atomic mass is 9.94. The SMILES string of the molecule is Cc1cc2c(oc3cc(F)c(F)cc32)c(-c2c3sc4c(C(F)(F)F)c(CC(C)C)ccc4c3cc[n+]2C)c1C. The van der Waals surface area contributed by atoms with Gasteiger partial charge in [-0.2, -0.15) is 17.7 Å². The third-order valence-corrected chi connectivity index (χ3v) is 8.73. The largest absolute Gasteiger partial charge is 0.455 e. The van der Waals surface area contributed by atoms with Crippen molar-refractivity contribution in [2.75, 3.05) is 0 Å². The minimum atomic E-state index is -4.51. The lowest BCUT2D eigenvalue weighted by Gasteiger charge is -2.15. The topological polar surface area (TPSA) is 17.0 Å². The summed E-state index contributed by atoms with van der Waals surface area (Å²) in [5.41, 5.74) is 3.52. The van der Waals surface area contributed by atoms with Gasteiger partial charge in [0.1, 0.15) is 22.9 Å². The third-order valence-electron chi connectivity index (χ3n) is 7.49. The molecule has 0 fully saturated rings. The summed E-state index contributed by atoms with van der Waals surface area (Å²) in [6, 6.07) is 9.26. The Labute approximate surface area is 225 Å². The number of furan rings is 1. The number of aromatic nitrogens is 1. The van der Waals surface area contributed by atoms with E-state index in [4.69, 9.17) is 4.42 Å². The van der Waals surface area contributed by atoms with E-state index in [1.807, 2.05) is 57.6 Å². The van der Waals surface area contributed by atoms with Crippen molar-refractivity contribution in [3.8, 4) is 11.3 Å². The van der Waals surface area contributed by atoms with Gasteiger partial charge in [0.15, 0.2) is 17.8 Å². The van der Waals surface area contributed by atoms with E-state index < -0.39 is 23.4 Å². The first-order valence-electron chi connectivity index (χ1n) is 12.6. The first kappa shape index (κ1) is 25.7. The molecule has 0 spiro atoms. The van der Waals surface area contributed by atoms with Crippen LogP contribution in [-0.2, 0) is 19.6 Å². The van der Waals surface area contributed by atoms with Crippen LogP contribution >= 0.6 is 11.3 Å². The summed E-state index contributed by atoms with van der Waals surface area (Å²) in [5, 5.41) is 2.33. The van der Waals surface area contributed by atoms with Gasteiger partial charge in [-0.25, -0.2) is 8.78 Å². The second-order valence-corrected chi connectivity index (χ2v) is 11.6. The number of halogens is 5. The van der Waals surface area contributed by atoms with Crippen LogP contribution in [0.25, 0.3) is 53.4 Å². The normalized spacial score (nSPS) is 12.7. The van der Waals surface area contributed by atoms with Crippen molar-refractivity contribution in [3.05, 3.63) is 76.5 Å². The van der Waals surface area contributed by atoms with E-state index in [1.54, 1.807) is 12.1 Å². The van der Waals surface area contributed by atoms with Crippen molar-refractivity contribution in [2.45, 2.75) is 40.3 Å². The van der Waals surface area contributed by atoms with Gasteiger partial charge in [0.25, 0.3) is 0 Å². The molecule has 0 amide bonds. The van der Waals surface area contributed by atoms with E-state index in [9.17, 15) is 22.0 Å². The number of aryl methyl sites for hydroxylation is 2. The molecule has 200 valence electrons. The van der Waals surface area contributed by atoms with Gasteiger partial charge in [-0.15, -0.1) is 11.3 Å². The number of pyridine rings is 1. The van der Waals surface area contributed by atoms with Crippen molar-refractivity contribution < 1.29 is 30.9 Å². The standard InChI is InChI=1S/C31H25F5NOS/c1-14(2)10-17-6-7-18-19-8-9-37(5)27(30(19)39-29(18)26(17)31(34,35)36)25-16(4)15(3)11-21-20-12-22(32)23(33)13-24(20)38-28(21)25/h6-9,11-14H,10H2,1-5H3/q+1. The maximum Gasteiger partial charge on any atom is 0.418 e. The second kappa shape index (κ2) is 8.74. The van der Waals surface area contributed by atoms with Crippen molar-refractivity contribution >= 4 is 53.4 Å².